The molecule has 4 nitrogen and oxygen atoms in total. The molecule has 0 aliphatic carbocycles. The van der Waals surface area contributed by atoms with Gasteiger partial charge in [-0.05, 0) is 25.0 Å². The summed E-state index contributed by atoms with van der Waals surface area (Å²) in [5.41, 5.74) is 5.44. The second-order valence-corrected chi connectivity index (χ2v) is 5.62. The molecule has 0 saturated carbocycles. The van der Waals surface area contributed by atoms with Crippen LogP contribution in [-0.4, -0.2) is 25.7 Å². The van der Waals surface area contributed by atoms with E-state index in [-0.39, 0.29) is 22.5 Å². The highest BCUT2D eigenvalue weighted by Gasteiger charge is 2.38. The van der Waals surface area contributed by atoms with Crippen LogP contribution in [0.1, 0.15) is 12.8 Å². The number of carbonyl (C=O) groups excluding carboxylic acids is 1. The summed E-state index contributed by atoms with van der Waals surface area (Å²) in [6.45, 7) is 1.22. The summed E-state index contributed by atoms with van der Waals surface area (Å²) >= 11 is 11.4. The lowest BCUT2D eigenvalue weighted by molar-refractivity contribution is -0.130. The van der Waals surface area contributed by atoms with Crippen molar-refractivity contribution in [3.05, 3.63) is 28.0 Å². The van der Waals surface area contributed by atoms with E-state index in [4.69, 9.17) is 33.7 Å². The highest BCUT2D eigenvalue weighted by Crippen LogP contribution is 2.32. The number of nitrogens with one attached hydrogen (secondary N) is 1. The van der Waals surface area contributed by atoms with Crippen molar-refractivity contribution in [3.63, 3.8) is 0 Å². The molecule has 0 aromatic heterocycles. The van der Waals surface area contributed by atoms with Gasteiger partial charge in [-0.3, -0.25) is 4.79 Å². The Labute approximate surface area is 126 Å². The third kappa shape index (κ3) is 3.06. The SMILES string of the molecule is NCC1(C(=O)Nc2cc(Cl)c(F)c(Cl)c2)CCOCC1. The lowest BCUT2D eigenvalue weighted by atomic mass is 9.79. The fourth-order valence-corrected chi connectivity index (χ4v) is 2.66. The second-order valence-electron chi connectivity index (χ2n) is 4.80. The van der Waals surface area contributed by atoms with E-state index < -0.39 is 11.2 Å². The first-order valence-electron chi connectivity index (χ1n) is 6.22. The average molecular weight is 321 g/mol. The van der Waals surface area contributed by atoms with Crippen LogP contribution in [0, 0.1) is 11.2 Å². The van der Waals surface area contributed by atoms with Gasteiger partial charge in [0.15, 0.2) is 5.82 Å². The molecule has 1 aromatic rings. The van der Waals surface area contributed by atoms with Gasteiger partial charge in [-0.2, -0.15) is 0 Å². The van der Waals surface area contributed by atoms with Crippen molar-refractivity contribution < 1.29 is 13.9 Å². The molecular formula is C13H15Cl2FN2O2. The minimum absolute atomic E-state index is 0.137. The molecule has 110 valence electrons. The van der Waals surface area contributed by atoms with Crippen molar-refractivity contribution in [2.75, 3.05) is 25.1 Å². The zero-order valence-electron chi connectivity index (χ0n) is 10.7. The standard InChI is InChI=1S/C13H15Cl2FN2O2/c14-9-5-8(6-10(15)11(9)16)18-12(19)13(7-17)1-3-20-4-2-13/h5-6H,1-4,7,17H2,(H,18,19). The molecule has 1 fully saturated rings. The predicted octanol–water partition coefficient (Wildman–Crippen LogP) is 2.83. The number of halogens is 3. The van der Waals surface area contributed by atoms with Gasteiger partial charge >= 0.3 is 0 Å². The number of carbonyl (C=O) groups is 1. The van der Waals surface area contributed by atoms with Gasteiger partial charge < -0.3 is 15.8 Å². The van der Waals surface area contributed by atoms with Crippen LogP contribution < -0.4 is 11.1 Å². The van der Waals surface area contributed by atoms with Crippen LogP contribution >= 0.6 is 23.2 Å². The van der Waals surface area contributed by atoms with Crippen molar-refractivity contribution in [2.45, 2.75) is 12.8 Å². The van der Waals surface area contributed by atoms with Crippen LogP contribution in [0.25, 0.3) is 0 Å². The zero-order chi connectivity index (χ0) is 14.8. The summed E-state index contributed by atoms with van der Waals surface area (Å²) in [4.78, 5) is 12.4. The Balaban J connectivity index is 2.18. The van der Waals surface area contributed by atoms with E-state index >= 15 is 0 Å². The lowest BCUT2D eigenvalue weighted by Gasteiger charge is -2.34. The average Bonchev–Trinajstić information content (AvgIpc) is 2.45. The van der Waals surface area contributed by atoms with E-state index in [0.717, 1.165) is 0 Å². The Kier molecular flexibility index (Phi) is 4.86. The quantitative estimate of drug-likeness (QED) is 0.842. The van der Waals surface area contributed by atoms with Crippen molar-refractivity contribution in [2.24, 2.45) is 11.1 Å². The molecule has 0 atom stereocenters. The Hall–Kier alpha value is -0.880. The van der Waals surface area contributed by atoms with Gasteiger partial charge in [0, 0.05) is 25.4 Å². The first kappa shape index (κ1) is 15.5. The van der Waals surface area contributed by atoms with Gasteiger partial charge in [-0.25, -0.2) is 4.39 Å². The van der Waals surface area contributed by atoms with Crippen molar-refractivity contribution >= 4 is 34.8 Å². The van der Waals surface area contributed by atoms with E-state index in [1.807, 2.05) is 0 Å². The number of nitrogens with two attached hydrogens (primary N) is 1. The molecule has 0 spiro atoms. The number of ether oxygens (including phenoxy) is 1. The monoisotopic (exact) mass is 320 g/mol. The number of hydrogen-bond donors (Lipinski definition) is 2. The van der Waals surface area contributed by atoms with Crippen molar-refractivity contribution in [1.82, 2.24) is 0 Å². The predicted molar refractivity (Wildman–Crippen MR) is 76.6 cm³/mol. The molecule has 3 N–H and O–H groups in total. The third-order valence-electron chi connectivity index (χ3n) is 3.56. The minimum Gasteiger partial charge on any atom is -0.381 e. The zero-order valence-corrected chi connectivity index (χ0v) is 12.2. The summed E-state index contributed by atoms with van der Waals surface area (Å²) in [5, 5.41) is 2.43. The van der Waals surface area contributed by atoms with Gasteiger partial charge in [0.25, 0.3) is 0 Å². The topological polar surface area (TPSA) is 64.4 Å². The van der Waals surface area contributed by atoms with E-state index in [1.54, 1.807) is 0 Å². The van der Waals surface area contributed by atoms with Crippen LogP contribution in [0.2, 0.25) is 10.0 Å². The maximum Gasteiger partial charge on any atom is 0.232 e. The highest BCUT2D eigenvalue weighted by molar-refractivity contribution is 6.35. The van der Waals surface area contributed by atoms with E-state index in [0.29, 0.717) is 31.7 Å². The van der Waals surface area contributed by atoms with Crippen LogP contribution in [0.5, 0.6) is 0 Å². The van der Waals surface area contributed by atoms with Gasteiger partial charge in [0.2, 0.25) is 5.91 Å². The fourth-order valence-electron chi connectivity index (χ4n) is 2.18. The number of amides is 1. The van der Waals surface area contributed by atoms with E-state index in [2.05, 4.69) is 5.32 Å². The van der Waals surface area contributed by atoms with Crippen LogP contribution in [0.15, 0.2) is 12.1 Å². The number of hydrogen-bond acceptors (Lipinski definition) is 3. The largest absolute Gasteiger partial charge is 0.381 e. The Morgan fingerprint density at radius 1 is 1.35 bits per heavy atom. The molecule has 1 aromatic carbocycles. The van der Waals surface area contributed by atoms with Crippen molar-refractivity contribution in [1.29, 1.82) is 0 Å². The third-order valence-corrected chi connectivity index (χ3v) is 4.11. The molecule has 0 bridgehead atoms. The first-order valence-corrected chi connectivity index (χ1v) is 6.98. The molecule has 2 rings (SSSR count). The summed E-state index contributed by atoms with van der Waals surface area (Å²) in [6.07, 6.45) is 1.11. The first-order chi connectivity index (χ1) is 9.48. The highest BCUT2D eigenvalue weighted by atomic mass is 35.5. The second kappa shape index (κ2) is 6.26. The van der Waals surface area contributed by atoms with Gasteiger partial charge in [0.05, 0.1) is 15.5 Å². The normalized spacial score (nSPS) is 17.8. The summed E-state index contributed by atoms with van der Waals surface area (Å²) in [6, 6.07) is 2.65. The van der Waals surface area contributed by atoms with Gasteiger partial charge in [0.1, 0.15) is 0 Å². The molecule has 20 heavy (non-hydrogen) atoms. The van der Waals surface area contributed by atoms with Crippen LogP contribution in [0.4, 0.5) is 10.1 Å². The molecule has 1 saturated heterocycles. The number of benzene rings is 1. The molecule has 1 aliphatic rings. The maximum atomic E-state index is 13.3. The molecule has 0 unspecified atom stereocenters. The number of rotatable bonds is 3. The lowest BCUT2D eigenvalue weighted by Crippen LogP contribution is -2.46. The van der Waals surface area contributed by atoms with Gasteiger partial charge in [-0.15, -0.1) is 0 Å². The Morgan fingerprint density at radius 2 is 1.90 bits per heavy atom. The molecule has 7 heteroatoms. The maximum absolute atomic E-state index is 13.3. The summed E-state index contributed by atoms with van der Waals surface area (Å²) in [7, 11) is 0. The summed E-state index contributed by atoms with van der Waals surface area (Å²) in [5.74, 6) is -0.923. The smallest absolute Gasteiger partial charge is 0.232 e. The molecule has 1 heterocycles. The Bertz CT molecular complexity index is 496. The minimum atomic E-state index is -0.703. The fraction of sp³-hybridized carbons (Fsp3) is 0.462. The molecule has 1 aliphatic heterocycles. The molecular weight excluding hydrogens is 306 g/mol. The van der Waals surface area contributed by atoms with E-state index in [9.17, 15) is 9.18 Å². The van der Waals surface area contributed by atoms with Crippen molar-refractivity contribution in [3.8, 4) is 0 Å². The Morgan fingerprint density at radius 3 is 2.40 bits per heavy atom. The van der Waals surface area contributed by atoms with Crippen LogP contribution in [0.3, 0.4) is 0 Å². The number of anilines is 1. The van der Waals surface area contributed by atoms with Crippen LogP contribution in [-0.2, 0) is 9.53 Å². The molecule has 0 radical (unpaired) electrons. The molecule has 1 amide bonds. The van der Waals surface area contributed by atoms with E-state index in [1.165, 1.54) is 12.1 Å². The summed E-state index contributed by atoms with van der Waals surface area (Å²) < 4.78 is 18.6. The van der Waals surface area contributed by atoms with Gasteiger partial charge in [-0.1, -0.05) is 23.2 Å².